The van der Waals surface area contributed by atoms with Gasteiger partial charge in [-0.2, -0.15) is 5.10 Å². The minimum atomic E-state index is -0.526. The van der Waals surface area contributed by atoms with Crippen molar-refractivity contribution in [3.05, 3.63) is 98.5 Å². The molecule has 0 aliphatic rings. The summed E-state index contributed by atoms with van der Waals surface area (Å²) in [5.41, 5.74) is 4.42. The molecule has 7 nitrogen and oxygen atoms in total. The first kappa shape index (κ1) is 24.2. The molecule has 0 unspecified atom stereocenters. The number of hydrazone groups is 1. The number of nitrogens with one attached hydrogen (secondary N) is 2. The molecule has 0 heterocycles. The van der Waals surface area contributed by atoms with Gasteiger partial charge in [-0.15, -0.1) is 0 Å². The predicted molar refractivity (Wildman–Crippen MR) is 130 cm³/mol. The molecule has 2 N–H and O–H groups in total. The van der Waals surface area contributed by atoms with Crippen molar-refractivity contribution in [2.24, 2.45) is 5.10 Å². The molecule has 0 atom stereocenters. The Bertz CT molecular complexity index is 1210. The van der Waals surface area contributed by atoms with E-state index in [2.05, 4.69) is 31.8 Å². The summed E-state index contributed by atoms with van der Waals surface area (Å²) in [6, 6.07) is 18.4. The fourth-order valence-electron chi connectivity index (χ4n) is 2.75. The Balaban J connectivity index is 1.60. The van der Waals surface area contributed by atoms with Crippen molar-refractivity contribution in [2.75, 3.05) is 6.54 Å². The Morgan fingerprint density at radius 1 is 1.06 bits per heavy atom. The number of halogens is 2. The van der Waals surface area contributed by atoms with Crippen molar-refractivity contribution in [3.63, 3.8) is 0 Å². The number of aryl methyl sites for hydroxylation is 1. The SMILES string of the molecule is Cc1ccccc1C(=O)Oc1ccc(Br)cc1/C=N/NC(=O)CNC(=O)c1ccc(Cl)cc1. The molecule has 0 bridgehead atoms. The standard InChI is InChI=1S/C24H19BrClN3O4/c1-15-4-2-3-5-20(15)24(32)33-21-11-8-18(25)12-17(21)13-28-29-22(30)14-27-23(31)16-6-9-19(26)10-7-16/h2-13H,14H2,1H3,(H,27,31)(H,29,30)/b28-13+. The van der Waals surface area contributed by atoms with Gasteiger partial charge in [0.25, 0.3) is 11.8 Å². The average molecular weight is 529 g/mol. The molecule has 0 radical (unpaired) electrons. The van der Waals surface area contributed by atoms with E-state index in [1.807, 2.05) is 19.1 Å². The van der Waals surface area contributed by atoms with E-state index in [1.54, 1.807) is 54.6 Å². The molecule has 0 saturated carbocycles. The number of rotatable bonds is 7. The molecule has 3 aromatic rings. The zero-order valence-corrected chi connectivity index (χ0v) is 19.8. The van der Waals surface area contributed by atoms with Crippen LogP contribution in [0.15, 0.2) is 76.3 Å². The van der Waals surface area contributed by atoms with Crippen molar-refractivity contribution < 1.29 is 19.1 Å². The summed E-state index contributed by atoms with van der Waals surface area (Å²) in [4.78, 5) is 36.6. The fourth-order valence-corrected chi connectivity index (χ4v) is 3.25. The van der Waals surface area contributed by atoms with Crippen LogP contribution < -0.4 is 15.5 Å². The summed E-state index contributed by atoms with van der Waals surface area (Å²) in [6.07, 6.45) is 1.35. The van der Waals surface area contributed by atoms with Crippen LogP contribution in [0.2, 0.25) is 5.02 Å². The first-order valence-corrected chi connectivity index (χ1v) is 10.9. The molecule has 2 amide bonds. The minimum absolute atomic E-state index is 0.271. The second kappa shape index (κ2) is 11.4. The summed E-state index contributed by atoms with van der Waals surface area (Å²) < 4.78 is 6.27. The maximum atomic E-state index is 12.5. The molecule has 9 heteroatoms. The second-order valence-corrected chi connectivity index (χ2v) is 8.22. The summed E-state index contributed by atoms with van der Waals surface area (Å²) in [7, 11) is 0. The topological polar surface area (TPSA) is 96.9 Å². The van der Waals surface area contributed by atoms with Gasteiger partial charge in [0.15, 0.2) is 0 Å². The number of carbonyl (C=O) groups excluding carboxylic acids is 3. The lowest BCUT2D eigenvalue weighted by molar-refractivity contribution is -0.120. The third-order valence-electron chi connectivity index (χ3n) is 4.45. The Hall–Kier alpha value is -3.49. The van der Waals surface area contributed by atoms with E-state index in [0.717, 1.165) is 10.0 Å². The molecule has 33 heavy (non-hydrogen) atoms. The van der Waals surface area contributed by atoms with Gasteiger partial charge in [0, 0.05) is 20.6 Å². The molecule has 0 aromatic heterocycles. The Morgan fingerprint density at radius 3 is 2.52 bits per heavy atom. The highest BCUT2D eigenvalue weighted by molar-refractivity contribution is 9.10. The van der Waals surface area contributed by atoms with Gasteiger partial charge in [0.05, 0.1) is 18.3 Å². The van der Waals surface area contributed by atoms with Gasteiger partial charge >= 0.3 is 5.97 Å². The van der Waals surface area contributed by atoms with Crippen LogP contribution in [0.4, 0.5) is 0 Å². The lowest BCUT2D eigenvalue weighted by Gasteiger charge is -2.09. The fraction of sp³-hybridized carbons (Fsp3) is 0.0833. The molecule has 0 aliphatic carbocycles. The van der Waals surface area contributed by atoms with E-state index in [-0.39, 0.29) is 12.3 Å². The number of nitrogens with zero attached hydrogens (tertiary/aromatic N) is 1. The van der Waals surface area contributed by atoms with E-state index in [1.165, 1.54) is 6.21 Å². The highest BCUT2D eigenvalue weighted by atomic mass is 79.9. The number of amides is 2. The van der Waals surface area contributed by atoms with Crippen LogP contribution in [0, 0.1) is 6.92 Å². The van der Waals surface area contributed by atoms with Crippen LogP contribution in [-0.2, 0) is 4.79 Å². The number of ether oxygens (including phenoxy) is 1. The quantitative estimate of drug-likeness (QED) is 0.204. The van der Waals surface area contributed by atoms with Crippen LogP contribution in [0.25, 0.3) is 0 Å². The molecule has 0 spiro atoms. The predicted octanol–water partition coefficient (Wildman–Crippen LogP) is 4.51. The van der Waals surface area contributed by atoms with Crippen molar-refractivity contribution in [2.45, 2.75) is 6.92 Å². The van der Waals surface area contributed by atoms with Crippen molar-refractivity contribution >= 4 is 51.5 Å². The molecular weight excluding hydrogens is 510 g/mol. The average Bonchev–Trinajstić information content (AvgIpc) is 2.80. The summed E-state index contributed by atoms with van der Waals surface area (Å²) in [6.45, 7) is 1.55. The monoisotopic (exact) mass is 527 g/mol. The lowest BCUT2D eigenvalue weighted by atomic mass is 10.1. The molecule has 3 aromatic carbocycles. The van der Waals surface area contributed by atoms with Gasteiger partial charge in [-0.3, -0.25) is 9.59 Å². The highest BCUT2D eigenvalue weighted by Crippen LogP contribution is 2.23. The maximum absolute atomic E-state index is 12.5. The highest BCUT2D eigenvalue weighted by Gasteiger charge is 2.13. The maximum Gasteiger partial charge on any atom is 0.343 e. The van der Waals surface area contributed by atoms with E-state index in [9.17, 15) is 14.4 Å². The minimum Gasteiger partial charge on any atom is -0.422 e. The van der Waals surface area contributed by atoms with E-state index < -0.39 is 17.8 Å². The third kappa shape index (κ3) is 7.00. The number of carbonyl (C=O) groups is 3. The first-order valence-electron chi connectivity index (χ1n) is 9.76. The molecule has 168 valence electrons. The molecule has 0 aliphatic heterocycles. The van der Waals surface area contributed by atoms with Crippen LogP contribution in [0.1, 0.15) is 31.8 Å². The summed E-state index contributed by atoms with van der Waals surface area (Å²) in [5, 5.41) is 6.90. The van der Waals surface area contributed by atoms with Gasteiger partial charge in [0.2, 0.25) is 0 Å². The molecule has 0 fully saturated rings. The number of benzene rings is 3. The number of hydrogen-bond donors (Lipinski definition) is 2. The van der Waals surface area contributed by atoms with Crippen molar-refractivity contribution in [1.82, 2.24) is 10.7 Å². The Kier molecular flexibility index (Phi) is 8.34. The second-order valence-electron chi connectivity index (χ2n) is 6.87. The van der Waals surface area contributed by atoms with E-state index in [0.29, 0.717) is 21.7 Å². The van der Waals surface area contributed by atoms with E-state index >= 15 is 0 Å². The molecule has 0 saturated heterocycles. The third-order valence-corrected chi connectivity index (χ3v) is 5.19. The smallest absolute Gasteiger partial charge is 0.343 e. The number of esters is 1. The van der Waals surface area contributed by atoms with Crippen LogP contribution in [0.5, 0.6) is 5.75 Å². The van der Waals surface area contributed by atoms with Gasteiger partial charge in [-0.25, -0.2) is 10.2 Å². The van der Waals surface area contributed by atoms with Crippen LogP contribution in [0.3, 0.4) is 0 Å². The van der Waals surface area contributed by atoms with Crippen molar-refractivity contribution in [3.8, 4) is 5.75 Å². The van der Waals surface area contributed by atoms with Gasteiger partial charge in [-0.05, 0) is 61.0 Å². The molecule has 3 rings (SSSR count). The Labute approximate surface area is 203 Å². The first-order chi connectivity index (χ1) is 15.8. The summed E-state index contributed by atoms with van der Waals surface area (Å²) in [5.74, 6) is -1.16. The Morgan fingerprint density at radius 2 is 1.79 bits per heavy atom. The van der Waals surface area contributed by atoms with Crippen LogP contribution in [-0.4, -0.2) is 30.5 Å². The zero-order chi connectivity index (χ0) is 23.8. The summed E-state index contributed by atoms with van der Waals surface area (Å²) >= 11 is 9.16. The van der Waals surface area contributed by atoms with Crippen molar-refractivity contribution in [1.29, 1.82) is 0 Å². The van der Waals surface area contributed by atoms with Crippen LogP contribution >= 0.6 is 27.5 Å². The molecular formula is C24H19BrClN3O4. The number of hydrogen-bond acceptors (Lipinski definition) is 5. The van der Waals surface area contributed by atoms with E-state index in [4.69, 9.17) is 16.3 Å². The zero-order valence-electron chi connectivity index (χ0n) is 17.5. The van der Waals surface area contributed by atoms with Gasteiger partial charge in [0.1, 0.15) is 5.75 Å². The lowest BCUT2D eigenvalue weighted by Crippen LogP contribution is -2.34. The van der Waals surface area contributed by atoms with Gasteiger partial charge in [-0.1, -0.05) is 45.7 Å². The normalized spacial score (nSPS) is 10.6. The van der Waals surface area contributed by atoms with Gasteiger partial charge < -0.3 is 10.1 Å². The largest absolute Gasteiger partial charge is 0.422 e.